The Kier molecular flexibility index (Phi) is 4.11. The van der Waals surface area contributed by atoms with Crippen molar-refractivity contribution in [2.75, 3.05) is 31.6 Å². The maximum atomic E-state index is 11.3. The van der Waals surface area contributed by atoms with Gasteiger partial charge in [0, 0.05) is 25.3 Å². The molecule has 2 rings (SSSR count). The van der Waals surface area contributed by atoms with Gasteiger partial charge in [-0.25, -0.2) is 4.98 Å². The fraction of sp³-hybridized carbons (Fsp3) is 0.500. The van der Waals surface area contributed by atoms with Gasteiger partial charge in [0.05, 0.1) is 18.3 Å². The van der Waals surface area contributed by atoms with Gasteiger partial charge in [0.15, 0.2) is 0 Å². The maximum Gasteiger partial charge on any atom is 0.252 e. The summed E-state index contributed by atoms with van der Waals surface area (Å²) in [5.41, 5.74) is 6.56. The van der Waals surface area contributed by atoms with Crippen LogP contribution in [0.1, 0.15) is 16.1 Å². The largest absolute Gasteiger partial charge is 0.374 e. The topological polar surface area (TPSA) is 89.3 Å². The van der Waals surface area contributed by atoms with E-state index in [1.807, 2.05) is 6.92 Å². The van der Waals surface area contributed by atoms with Crippen molar-refractivity contribution < 1.29 is 9.53 Å². The molecule has 1 amide bonds. The van der Waals surface area contributed by atoms with Crippen LogP contribution in [0, 0.1) is 6.92 Å². The Hall–Kier alpha value is -1.66. The number of amides is 1. The van der Waals surface area contributed by atoms with Gasteiger partial charge in [0.1, 0.15) is 5.82 Å². The molecule has 1 aromatic heterocycles. The average Bonchev–Trinajstić information content (AvgIpc) is 2.37. The van der Waals surface area contributed by atoms with Crippen molar-refractivity contribution in [3.63, 3.8) is 0 Å². The van der Waals surface area contributed by atoms with E-state index in [9.17, 15) is 4.79 Å². The number of aromatic nitrogens is 1. The number of ether oxygens (including phenoxy) is 1. The van der Waals surface area contributed by atoms with Gasteiger partial charge in [-0.3, -0.25) is 4.79 Å². The maximum absolute atomic E-state index is 11.3. The molecule has 0 bridgehead atoms. The second-order valence-electron chi connectivity index (χ2n) is 4.29. The minimum atomic E-state index is -0.479. The Balaban J connectivity index is 2.03. The Labute approximate surface area is 106 Å². The zero-order valence-electron chi connectivity index (χ0n) is 10.4. The summed E-state index contributed by atoms with van der Waals surface area (Å²) in [6.45, 7) is 4.85. The minimum Gasteiger partial charge on any atom is -0.374 e. The molecule has 1 aliphatic rings. The molecule has 4 N–H and O–H groups in total. The van der Waals surface area contributed by atoms with E-state index in [-0.39, 0.29) is 6.10 Å². The number of hydrogen-bond donors (Lipinski definition) is 3. The van der Waals surface area contributed by atoms with E-state index in [0.717, 1.165) is 18.8 Å². The van der Waals surface area contributed by atoms with Gasteiger partial charge >= 0.3 is 0 Å². The molecule has 18 heavy (non-hydrogen) atoms. The summed E-state index contributed by atoms with van der Waals surface area (Å²) in [4.78, 5) is 15.6. The molecule has 98 valence electrons. The van der Waals surface area contributed by atoms with Gasteiger partial charge in [-0.05, 0) is 19.1 Å². The highest BCUT2D eigenvalue weighted by atomic mass is 16.5. The first-order valence-corrected chi connectivity index (χ1v) is 6.00. The number of aryl methyl sites for hydroxylation is 1. The summed E-state index contributed by atoms with van der Waals surface area (Å²) in [6, 6.07) is 3.46. The number of hydrogen-bond acceptors (Lipinski definition) is 5. The number of nitrogens with zero attached hydrogens (tertiary/aromatic N) is 1. The second-order valence-corrected chi connectivity index (χ2v) is 4.29. The van der Waals surface area contributed by atoms with E-state index in [4.69, 9.17) is 10.5 Å². The Bertz CT molecular complexity index is 430. The van der Waals surface area contributed by atoms with Crippen LogP contribution < -0.4 is 16.4 Å². The highest BCUT2D eigenvalue weighted by Crippen LogP contribution is 2.13. The van der Waals surface area contributed by atoms with E-state index in [1.54, 1.807) is 12.1 Å². The highest BCUT2D eigenvalue weighted by molar-refractivity contribution is 5.97. The van der Waals surface area contributed by atoms with Crippen molar-refractivity contribution in [3.8, 4) is 0 Å². The van der Waals surface area contributed by atoms with Crippen LogP contribution in [0.5, 0.6) is 0 Å². The quantitative estimate of drug-likeness (QED) is 0.694. The highest BCUT2D eigenvalue weighted by Gasteiger charge is 2.15. The first kappa shape index (κ1) is 12.8. The molecule has 1 aromatic rings. The molecular weight excluding hydrogens is 232 g/mol. The van der Waals surface area contributed by atoms with Gasteiger partial charge in [-0.15, -0.1) is 0 Å². The predicted octanol–water partition coefficient (Wildman–Crippen LogP) is -0.111. The number of nitrogens with two attached hydrogens (primary N) is 1. The number of pyridine rings is 1. The summed E-state index contributed by atoms with van der Waals surface area (Å²) < 4.78 is 5.56. The van der Waals surface area contributed by atoms with Crippen LogP contribution in [0.2, 0.25) is 0 Å². The lowest BCUT2D eigenvalue weighted by Crippen LogP contribution is -2.42. The van der Waals surface area contributed by atoms with Crippen molar-refractivity contribution >= 4 is 11.7 Å². The number of carbonyl (C=O) groups excluding carboxylic acids is 1. The van der Waals surface area contributed by atoms with Gasteiger partial charge in [-0.2, -0.15) is 0 Å². The van der Waals surface area contributed by atoms with E-state index in [1.165, 1.54) is 0 Å². The fourth-order valence-corrected chi connectivity index (χ4v) is 1.85. The molecule has 1 unspecified atom stereocenters. The second kappa shape index (κ2) is 5.79. The third-order valence-corrected chi connectivity index (χ3v) is 2.80. The number of carbonyl (C=O) groups is 1. The zero-order valence-corrected chi connectivity index (χ0v) is 10.4. The average molecular weight is 250 g/mol. The number of anilines is 1. The summed E-state index contributed by atoms with van der Waals surface area (Å²) in [5.74, 6) is 0.0457. The van der Waals surface area contributed by atoms with Crippen molar-refractivity contribution in [1.82, 2.24) is 10.3 Å². The summed E-state index contributed by atoms with van der Waals surface area (Å²) in [7, 11) is 0. The van der Waals surface area contributed by atoms with Crippen molar-refractivity contribution in [1.29, 1.82) is 0 Å². The van der Waals surface area contributed by atoms with Gasteiger partial charge in [0.2, 0.25) is 0 Å². The first-order chi connectivity index (χ1) is 8.66. The molecule has 1 atom stereocenters. The fourth-order valence-electron chi connectivity index (χ4n) is 1.85. The van der Waals surface area contributed by atoms with Gasteiger partial charge < -0.3 is 21.1 Å². The van der Waals surface area contributed by atoms with Crippen LogP contribution in [-0.2, 0) is 4.74 Å². The van der Waals surface area contributed by atoms with Crippen molar-refractivity contribution in [2.45, 2.75) is 13.0 Å². The van der Waals surface area contributed by atoms with Gasteiger partial charge in [0.25, 0.3) is 5.91 Å². The SMILES string of the molecule is Cc1ccc(C(N)=O)c(NCC2CNCCO2)n1. The van der Waals surface area contributed by atoms with Crippen LogP contribution in [0.3, 0.4) is 0 Å². The molecule has 0 spiro atoms. The van der Waals surface area contributed by atoms with Crippen molar-refractivity contribution in [3.05, 3.63) is 23.4 Å². The van der Waals surface area contributed by atoms with Crippen molar-refractivity contribution in [2.24, 2.45) is 5.73 Å². The predicted molar refractivity (Wildman–Crippen MR) is 68.6 cm³/mol. The molecule has 2 heterocycles. The lowest BCUT2D eigenvalue weighted by Gasteiger charge is -2.24. The summed E-state index contributed by atoms with van der Waals surface area (Å²) in [6.07, 6.45) is 0.0850. The van der Waals surface area contributed by atoms with E-state index in [2.05, 4.69) is 15.6 Å². The molecular formula is C12H18N4O2. The van der Waals surface area contributed by atoms with Crippen LogP contribution in [0.4, 0.5) is 5.82 Å². The molecule has 1 fully saturated rings. The van der Waals surface area contributed by atoms with E-state index in [0.29, 0.717) is 24.5 Å². The molecule has 1 aliphatic heterocycles. The number of primary amides is 1. The molecule has 0 aliphatic carbocycles. The number of morpholine rings is 1. The normalized spacial score (nSPS) is 19.5. The smallest absolute Gasteiger partial charge is 0.252 e. The van der Waals surface area contributed by atoms with Crippen LogP contribution in [0.15, 0.2) is 12.1 Å². The molecule has 0 saturated carbocycles. The lowest BCUT2D eigenvalue weighted by atomic mass is 10.2. The minimum absolute atomic E-state index is 0.0850. The lowest BCUT2D eigenvalue weighted by molar-refractivity contribution is 0.0371. The number of nitrogens with one attached hydrogen (secondary N) is 2. The molecule has 0 radical (unpaired) electrons. The van der Waals surface area contributed by atoms with Crippen LogP contribution in [-0.4, -0.2) is 43.2 Å². The summed E-state index contributed by atoms with van der Waals surface area (Å²) >= 11 is 0. The third-order valence-electron chi connectivity index (χ3n) is 2.80. The third kappa shape index (κ3) is 3.18. The van der Waals surface area contributed by atoms with Gasteiger partial charge in [-0.1, -0.05) is 0 Å². The number of rotatable bonds is 4. The van der Waals surface area contributed by atoms with E-state index >= 15 is 0 Å². The molecule has 0 aromatic carbocycles. The van der Waals surface area contributed by atoms with Crippen LogP contribution in [0.25, 0.3) is 0 Å². The zero-order chi connectivity index (χ0) is 13.0. The Morgan fingerprint density at radius 2 is 2.50 bits per heavy atom. The molecule has 6 heteroatoms. The Morgan fingerprint density at radius 3 is 3.17 bits per heavy atom. The van der Waals surface area contributed by atoms with E-state index < -0.39 is 5.91 Å². The standard InChI is InChI=1S/C12H18N4O2/c1-8-2-3-10(11(13)17)12(16-8)15-7-9-6-14-4-5-18-9/h2-3,9,14H,4-7H2,1H3,(H2,13,17)(H,15,16). The Morgan fingerprint density at radius 1 is 1.67 bits per heavy atom. The molecule has 1 saturated heterocycles. The molecule has 6 nitrogen and oxygen atoms in total. The monoisotopic (exact) mass is 250 g/mol. The summed E-state index contributed by atoms with van der Waals surface area (Å²) in [5, 5.41) is 6.37. The van der Waals surface area contributed by atoms with Crippen LogP contribution >= 0.6 is 0 Å². The first-order valence-electron chi connectivity index (χ1n) is 6.00.